The molecule has 0 aliphatic carbocycles. The minimum absolute atomic E-state index is 0.0115. The standard InChI is InChI=1S/C66H95N23O18/c1-32(2)17-47(65(106)107)86-59(100)45(22-52(93)94)83-58(99)44(20-36-25-72-30-77-36)84-62(103)50-12-8-16-89(50)64(105)46(21-37-26-73-31-78-37)85-56(97)42(18-34-23-75-39-10-6-5-9-38(34)39)81-61(102)48(27-90)87-55(96)41(13-14-51(67)92)80-57(98)43(19-35-24-71-29-76-35)82-54(95)40(11-7-15-74-66(69)70)79-60(101)49(28-91)88-63(104)53(68)33(3)4/h5-6,9-10,23-26,29-33,40-50,53,75,90-91H,7-8,11-22,27-28,68H2,1-4H3,(H2,67,92)(H,71,76)(H,72,77)(H,73,78)(H,79,101)(H,80,98)(H,81,102)(H,82,95)(H,83,99)(H,84,103)(H,85,97)(H,86,100)(H,87,96)(H,88,104)(H,93,94)(H,106,107)(H4,69,70,74)/t40-,41-,42-,43-,44-,45-,46-,47-,48-,49-,50-,53-/m0/s1. The predicted octanol–water partition coefficient (Wildman–Crippen LogP) is -6.66. The number of carbonyl (C=O) groups excluding carboxylic acids is 12. The summed E-state index contributed by atoms with van der Waals surface area (Å²) in [4.78, 5) is 222. The van der Waals surface area contributed by atoms with E-state index >= 15 is 9.59 Å². The van der Waals surface area contributed by atoms with Gasteiger partial charge in [-0.15, -0.1) is 0 Å². The van der Waals surface area contributed by atoms with E-state index in [0.717, 1.165) is 4.90 Å². The number of imidazole rings is 3. The Morgan fingerprint density at radius 2 is 1.00 bits per heavy atom. The van der Waals surface area contributed by atoms with Gasteiger partial charge in [0, 0.05) is 98.0 Å². The number of carboxylic acids is 2. The first-order valence-corrected chi connectivity index (χ1v) is 34.4. The molecule has 582 valence electrons. The second-order valence-electron chi connectivity index (χ2n) is 26.4. The zero-order chi connectivity index (χ0) is 78.6. The van der Waals surface area contributed by atoms with Crippen molar-refractivity contribution in [3.63, 3.8) is 0 Å². The van der Waals surface area contributed by atoms with Crippen LogP contribution in [0, 0.1) is 11.8 Å². The van der Waals surface area contributed by atoms with Gasteiger partial charge in [0.1, 0.15) is 66.5 Å². The van der Waals surface area contributed by atoms with Crippen molar-refractivity contribution < 1.29 is 87.5 Å². The molecule has 1 aromatic carbocycles. The van der Waals surface area contributed by atoms with Crippen molar-refractivity contribution in [1.29, 1.82) is 0 Å². The summed E-state index contributed by atoms with van der Waals surface area (Å²) in [7, 11) is 0. The second-order valence-corrected chi connectivity index (χ2v) is 26.4. The number of hydrogen-bond donors (Lipinski definition) is 22. The third kappa shape index (κ3) is 26.0. The van der Waals surface area contributed by atoms with E-state index in [0.29, 0.717) is 27.9 Å². The number of rotatable bonds is 44. The lowest BCUT2D eigenvalue weighted by Crippen LogP contribution is -2.62. The first kappa shape index (κ1) is 84.1. The van der Waals surface area contributed by atoms with Crippen LogP contribution < -0.4 is 76.1 Å². The zero-order valence-electron chi connectivity index (χ0n) is 59.3. The number of aliphatic imine (C=N–C) groups is 1. The molecule has 41 heteroatoms. The number of carboxylic acid groups (broad SMARTS) is 2. The van der Waals surface area contributed by atoms with Crippen molar-refractivity contribution in [2.45, 2.75) is 177 Å². The Kier molecular flexibility index (Phi) is 32.2. The van der Waals surface area contributed by atoms with Gasteiger partial charge in [-0.25, -0.2) is 19.7 Å². The Balaban J connectivity index is 1.25. The molecule has 1 aliphatic rings. The van der Waals surface area contributed by atoms with Crippen molar-refractivity contribution in [1.82, 2.24) is 93.0 Å². The number of likely N-dealkylation sites (tertiary alicyclic amines) is 1. The van der Waals surface area contributed by atoms with Crippen molar-refractivity contribution in [2.75, 3.05) is 26.3 Å². The lowest BCUT2D eigenvalue weighted by molar-refractivity contribution is -0.144. The maximum absolute atomic E-state index is 15.1. The van der Waals surface area contributed by atoms with E-state index in [1.165, 1.54) is 37.6 Å². The number of aliphatic carboxylic acids is 2. The highest BCUT2D eigenvalue weighted by molar-refractivity contribution is 6.00. The molecule has 0 saturated carbocycles. The molecule has 1 aliphatic heterocycles. The first-order chi connectivity index (χ1) is 50.8. The maximum atomic E-state index is 15.1. The number of aliphatic hydroxyl groups excluding tert-OH is 2. The molecule has 26 N–H and O–H groups in total. The van der Waals surface area contributed by atoms with Gasteiger partial charge < -0.3 is 121 Å². The Hall–Kier alpha value is -11.9. The highest BCUT2D eigenvalue weighted by atomic mass is 16.4. The maximum Gasteiger partial charge on any atom is 0.326 e. The summed E-state index contributed by atoms with van der Waals surface area (Å²) >= 11 is 0. The summed E-state index contributed by atoms with van der Waals surface area (Å²) in [6.45, 7) is 4.50. The average Bonchev–Trinajstić information content (AvgIpc) is 1.72. The lowest BCUT2D eigenvalue weighted by atomic mass is 10.0. The molecular weight excluding hydrogens is 1400 g/mol. The number of amides is 12. The van der Waals surface area contributed by atoms with Crippen LogP contribution in [0.3, 0.4) is 0 Å². The molecule has 1 saturated heterocycles. The summed E-state index contributed by atoms with van der Waals surface area (Å²) in [6, 6.07) is -12.1. The Morgan fingerprint density at radius 1 is 0.551 bits per heavy atom. The third-order valence-electron chi connectivity index (χ3n) is 17.3. The van der Waals surface area contributed by atoms with Gasteiger partial charge in [0.25, 0.3) is 0 Å². The topological polar surface area (TPSA) is 662 Å². The van der Waals surface area contributed by atoms with Crippen LogP contribution in [-0.4, -0.2) is 248 Å². The van der Waals surface area contributed by atoms with E-state index < -0.39 is 188 Å². The molecule has 12 amide bonds. The molecule has 107 heavy (non-hydrogen) atoms. The van der Waals surface area contributed by atoms with E-state index in [2.05, 4.69) is 93.0 Å². The Bertz CT molecular complexity index is 3900. The average molecular weight is 1500 g/mol. The van der Waals surface area contributed by atoms with Crippen LogP contribution in [0.4, 0.5) is 0 Å². The van der Waals surface area contributed by atoms with Gasteiger partial charge in [-0.3, -0.25) is 67.3 Å². The summed E-state index contributed by atoms with van der Waals surface area (Å²) in [5, 5.41) is 65.8. The highest BCUT2D eigenvalue weighted by Gasteiger charge is 2.42. The fourth-order valence-electron chi connectivity index (χ4n) is 11.5. The number of aromatic amines is 4. The SMILES string of the molecule is CC(C)C[C@H](NC(=O)[C@H](CC(=O)O)NC(=O)[C@H](Cc1cnc[nH]1)NC(=O)[C@@H]1CCCN1C(=O)[C@H](Cc1cnc[nH]1)NC(=O)[C@H](Cc1c[nH]c2ccccc12)NC(=O)[C@H](CO)NC(=O)[C@H](CCC(N)=O)NC(=O)[C@H](Cc1cnc[nH]1)NC(=O)[C@H](CCCN=C(N)N)NC(=O)[C@H](CO)NC(=O)[C@@H](N)C(C)C)C(=O)O. The number of primary amides is 1. The number of fused-ring (bicyclic) bond motifs is 1. The summed E-state index contributed by atoms with van der Waals surface area (Å²) in [5.74, 6) is -16.0. The molecule has 6 rings (SSSR count). The highest BCUT2D eigenvalue weighted by Crippen LogP contribution is 2.23. The fraction of sp³-hybridized carbons (Fsp3) is 0.515. The molecule has 12 atom stereocenters. The molecule has 0 spiro atoms. The molecule has 4 aromatic heterocycles. The summed E-state index contributed by atoms with van der Waals surface area (Å²) < 4.78 is 0. The van der Waals surface area contributed by atoms with Crippen LogP contribution in [0.2, 0.25) is 0 Å². The number of benzene rings is 1. The van der Waals surface area contributed by atoms with Gasteiger partial charge in [-0.05, 0) is 62.0 Å². The van der Waals surface area contributed by atoms with E-state index in [4.69, 9.17) is 22.9 Å². The van der Waals surface area contributed by atoms with E-state index in [1.807, 2.05) is 0 Å². The van der Waals surface area contributed by atoms with E-state index in [9.17, 15) is 78.0 Å². The molecule has 1 fully saturated rings. The van der Waals surface area contributed by atoms with Crippen molar-refractivity contribution in [3.8, 4) is 0 Å². The van der Waals surface area contributed by atoms with Gasteiger partial charge in [-0.2, -0.15) is 0 Å². The molecule has 0 unspecified atom stereocenters. The molecule has 41 nitrogen and oxygen atoms in total. The first-order valence-electron chi connectivity index (χ1n) is 34.4. The van der Waals surface area contributed by atoms with Crippen LogP contribution in [0.1, 0.15) is 102 Å². The van der Waals surface area contributed by atoms with Gasteiger partial charge in [0.2, 0.25) is 70.9 Å². The van der Waals surface area contributed by atoms with Crippen LogP contribution in [-0.2, 0) is 92.8 Å². The molecule has 5 heterocycles. The Morgan fingerprint density at radius 3 is 1.50 bits per heavy atom. The van der Waals surface area contributed by atoms with Crippen LogP contribution in [0.15, 0.2) is 73.0 Å². The number of guanidine groups is 1. The number of para-hydroxylation sites is 1. The number of H-pyrrole nitrogens is 4. The summed E-state index contributed by atoms with van der Waals surface area (Å²) in [6.07, 6.45) is 6.06. The Labute approximate surface area is 612 Å². The molecule has 5 aromatic rings. The largest absolute Gasteiger partial charge is 0.481 e. The lowest BCUT2D eigenvalue weighted by Gasteiger charge is -2.31. The number of aromatic nitrogens is 7. The van der Waals surface area contributed by atoms with Gasteiger partial charge >= 0.3 is 11.9 Å². The van der Waals surface area contributed by atoms with Crippen molar-refractivity contribution >= 4 is 99.7 Å². The number of aliphatic hydroxyl groups is 2. The van der Waals surface area contributed by atoms with E-state index in [-0.39, 0.29) is 94.4 Å². The van der Waals surface area contributed by atoms with Crippen LogP contribution in [0.25, 0.3) is 10.9 Å². The van der Waals surface area contributed by atoms with Gasteiger partial charge in [0.05, 0.1) is 44.7 Å². The predicted molar refractivity (Wildman–Crippen MR) is 378 cm³/mol. The molecular formula is C66H95N23O18. The van der Waals surface area contributed by atoms with Crippen molar-refractivity contribution in [3.05, 3.63) is 90.7 Å². The zero-order valence-corrected chi connectivity index (χ0v) is 59.3. The summed E-state index contributed by atoms with van der Waals surface area (Å²) in [5.41, 5.74) is 24.4. The smallest absolute Gasteiger partial charge is 0.326 e. The van der Waals surface area contributed by atoms with E-state index in [1.54, 1.807) is 58.2 Å². The van der Waals surface area contributed by atoms with Gasteiger partial charge in [-0.1, -0.05) is 45.9 Å². The molecule has 0 bridgehead atoms. The number of carbonyl (C=O) groups is 14. The number of hydrogen-bond acceptors (Lipinski definition) is 21. The number of nitrogens with zero attached hydrogens (tertiary/aromatic N) is 5. The third-order valence-corrected chi connectivity index (χ3v) is 17.3. The van der Waals surface area contributed by atoms with Gasteiger partial charge in [0.15, 0.2) is 5.96 Å². The monoisotopic (exact) mass is 1500 g/mol. The van der Waals surface area contributed by atoms with Crippen molar-refractivity contribution in [2.24, 2.45) is 39.8 Å². The van der Waals surface area contributed by atoms with Crippen LogP contribution >= 0.6 is 0 Å². The fourth-order valence-corrected chi connectivity index (χ4v) is 11.5. The number of nitrogens with one attached hydrogen (secondary N) is 14. The van der Waals surface area contributed by atoms with Crippen LogP contribution in [0.5, 0.6) is 0 Å². The second kappa shape index (κ2) is 41.0. The molecule has 0 radical (unpaired) electrons. The number of nitrogens with two attached hydrogens (primary N) is 4. The minimum atomic E-state index is -1.95. The minimum Gasteiger partial charge on any atom is -0.481 e. The quantitative estimate of drug-likeness (QED) is 0.00979. The normalized spacial score (nSPS) is 15.8.